The maximum Gasteiger partial charge on any atom is 0.289 e. The van der Waals surface area contributed by atoms with Gasteiger partial charge in [-0.1, -0.05) is 12.1 Å². The minimum atomic E-state index is -0.406. The molecule has 7 nitrogen and oxygen atoms in total. The van der Waals surface area contributed by atoms with Crippen LogP contribution in [-0.2, 0) is 11.3 Å². The van der Waals surface area contributed by atoms with Crippen molar-refractivity contribution in [2.24, 2.45) is 5.73 Å². The summed E-state index contributed by atoms with van der Waals surface area (Å²) in [5.74, 6) is 0.772. The van der Waals surface area contributed by atoms with Crippen molar-refractivity contribution in [1.29, 1.82) is 0 Å². The molecule has 1 atom stereocenters. The van der Waals surface area contributed by atoms with Gasteiger partial charge in [0, 0.05) is 42.4 Å². The molecule has 3 heterocycles. The number of likely N-dealkylation sites (tertiary alicyclic amines) is 1. The van der Waals surface area contributed by atoms with Gasteiger partial charge in [-0.3, -0.25) is 9.59 Å². The van der Waals surface area contributed by atoms with Crippen LogP contribution in [0.15, 0.2) is 35.0 Å². The zero-order valence-electron chi connectivity index (χ0n) is 16.1. The standard InChI is InChI=1S/C21H24N4O3/c1-13-5-6-16-14(2)19(28-17(16)10-13)21(27)25-8-3-4-15(11-25)20-23-7-9-24(20)12-18(22)26/h5-7,9-10,15H,3-4,8,11-12H2,1-2H3,(H2,22,26)/t15-/m1/s1. The van der Waals surface area contributed by atoms with E-state index in [2.05, 4.69) is 4.98 Å². The number of imidazole rings is 1. The number of amides is 2. The van der Waals surface area contributed by atoms with E-state index in [9.17, 15) is 9.59 Å². The fraction of sp³-hybridized carbons (Fsp3) is 0.381. The third-order valence-corrected chi connectivity index (χ3v) is 5.44. The highest BCUT2D eigenvalue weighted by molar-refractivity contribution is 5.99. The molecule has 2 aromatic heterocycles. The molecule has 1 aliphatic heterocycles. The van der Waals surface area contributed by atoms with Crippen molar-refractivity contribution in [2.45, 2.75) is 39.2 Å². The number of furan rings is 1. The Morgan fingerprint density at radius 2 is 2.14 bits per heavy atom. The number of hydrogen-bond donors (Lipinski definition) is 1. The molecule has 4 rings (SSSR count). The van der Waals surface area contributed by atoms with E-state index in [1.807, 2.05) is 36.9 Å². The Morgan fingerprint density at radius 3 is 2.93 bits per heavy atom. The second kappa shape index (κ2) is 7.14. The highest BCUT2D eigenvalue weighted by Crippen LogP contribution is 2.30. The summed E-state index contributed by atoms with van der Waals surface area (Å²) in [5.41, 5.74) is 8.04. The number of nitrogens with two attached hydrogens (primary N) is 1. The quantitative estimate of drug-likeness (QED) is 0.753. The minimum Gasteiger partial charge on any atom is -0.451 e. The number of aryl methyl sites for hydroxylation is 2. The van der Waals surface area contributed by atoms with Crippen LogP contribution in [0.4, 0.5) is 0 Å². The van der Waals surface area contributed by atoms with E-state index in [1.165, 1.54) is 0 Å². The summed E-state index contributed by atoms with van der Waals surface area (Å²) in [7, 11) is 0. The predicted molar refractivity (Wildman–Crippen MR) is 105 cm³/mol. The average Bonchev–Trinajstić information content (AvgIpc) is 3.25. The van der Waals surface area contributed by atoms with Crippen LogP contribution >= 0.6 is 0 Å². The van der Waals surface area contributed by atoms with Gasteiger partial charge >= 0.3 is 0 Å². The lowest BCUT2D eigenvalue weighted by Gasteiger charge is -2.32. The number of fused-ring (bicyclic) bond motifs is 1. The zero-order chi connectivity index (χ0) is 19.8. The Morgan fingerprint density at radius 1 is 1.32 bits per heavy atom. The lowest BCUT2D eigenvalue weighted by atomic mass is 9.96. The van der Waals surface area contributed by atoms with Crippen molar-refractivity contribution in [3.63, 3.8) is 0 Å². The number of carbonyl (C=O) groups is 2. The summed E-state index contributed by atoms with van der Waals surface area (Å²) >= 11 is 0. The van der Waals surface area contributed by atoms with Crippen molar-refractivity contribution in [3.8, 4) is 0 Å². The number of primary amides is 1. The van der Waals surface area contributed by atoms with Crippen LogP contribution in [0.25, 0.3) is 11.0 Å². The summed E-state index contributed by atoms with van der Waals surface area (Å²) in [6.45, 7) is 5.25. The van der Waals surface area contributed by atoms with Crippen molar-refractivity contribution in [2.75, 3.05) is 13.1 Å². The molecule has 1 aliphatic rings. The van der Waals surface area contributed by atoms with Crippen molar-refractivity contribution >= 4 is 22.8 Å². The summed E-state index contributed by atoms with van der Waals surface area (Å²) in [6, 6.07) is 5.98. The van der Waals surface area contributed by atoms with Crippen molar-refractivity contribution in [1.82, 2.24) is 14.5 Å². The molecule has 0 spiro atoms. The van der Waals surface area contributed by atoms with Gasteiger partial charge < -0.3 is 19.6 Å². The van der Waals surface area contributed by atoms with Gasteiger partial charge in [-0.2, -0.15) is 0 Å². The molecule has 7 heteroatoms. The zero-order valence-corrected chi connectivity index (χ0v) is 16.1. The van der Waals surface area contributed by atoms with Gasteiger partial charge in [0.25, 0.3) is 5.91 Å². The molecule has 2 amide bonds. The van der Waals surface area contributed by atoms with Crippen molar-refractivity contribution < 1.29 is 14.0 Å². The van der Waals surface area contributed by atoms with Gasteiger partial charge in [-0.05, 0) is 38.3 Å². The van der Waals surface area contributed by atoms with Gasteiger partial charge in [0.15, 0.2) is 5.76 Å². The topological polar surface area (TPSA) is 94.4 Å². The molecule has 146 valence electrons. The number of aromatic nitrogens is 2. The molecule has 3 aromatic rings. The normalized spacial score (nSPS) is 17.2. The van der Waals surface area contributed by atoms with Gasteiger partial charge in [-0.15, -0.1) is 0 Å². The molecular weight excluding hydrogens is 356 g/mol. The summed E-state index contributed by atoms with van der Waals surface area (Å²) in [6.07, 6.45) is 5.22. The molecule has 1 saturated heterocycles. The van der Waals surface area contributed by atoms with E-state index in [0.29, 0.717) is 18.8 Å². The largest absolute Gasteiger partial charge is 0.451 e. The number of rotatable bonds is 4. The maximum absolute atomic E-state index is 13.2. The van der Waals surface area contributed by atoms with Crippen LogP contribution in [0.3, 0.4) is 0 Å². The summed E-state index contributed by atoms with van der Waals surface area (Å²) < 4.78 is 7.70. The molecule has 0 saturated carbocycles. The average molecular weight is 380 g/mol. The van der Waals surface area contributed by atoms with Gasteiger partial charge in [0.05, 0.1) is 0 Å². The molecule has 0 unspecified atom stereocenters. The molecule has 2 N–H and O–H groups in total. The SMILES string of the molecule is Cc1ccc2c(C)c(C(=O)N3CCC[C@@H](c4nccn4CC(N)=O)C3)oc2c1. The Bertz CT molecular complexity index is 1050. The van der Waals surface area contributed by atoms with Crippen LogP contribution in [0.1, 0.15) is 46.3 Å². The lowest BCUT2D eigenvalue weighted by Crippen LogP contribution is -2.40. The lowest BCUT2D eigenvalue weighted by molar-refractivity contribution is -0.118. The predicted octanol–water partition coefficient (Wildman–Crippen LogP) is 2.75. The first-order valence-electron chi connectivity index (χ1n) is 9.52. The van der Waals surface area contributed by atoms with Crippen molar-refractivity contribution in [3.05, 3.63) is 53.3 Å². The monoisotopic (exact) mass is 380 g/mol. The number of nitrogens with zero attached hydrogens (tertiary/aromatic N) is 3. The number of benzene rings is 1. The third kappa shape index (κ3) is 3.28. The Balaban J connectivity index is 1.58. The Kier molecular flexibility index (Phi) is 4.66. The first kappa shape index (κ1) is 18.3. The Hall–Kier alpha value is -3.09. The third-order valence-electron chi connectivity index (χ3n) is 5.44. The number of carbonyl (C=O) groups excluding carboxylic acids is 2. The van der Waals surface area contributed by atoms with Crippen LogP contribution in [0.2, 0.25) is 0 Å². The van der Waals surface area contributed by atoms with Gasteiger partial charge in [0.2, 0.25) is 5.91 Å². The molecule has 0 radical (unpaired) electrons. The number of piperidine rings is 1. The smallest absolute Gasteiger partial charge is 0.289 e. The first-order valence-corrected chi connectivity index (χ1v) is 9.52. The van der Waals surface area contributed by atoms with E-state index >= 15 is 0 Å². The fourth-order valence-electron chi connectivity index (χ4n) is 4.03. The number of hydrogen-bond acceptors (Lipinski definition) is 4. The molecule has 0 bridgehead atoms. The van der Waals surface area contributed by atoms with Gasteiger partial charge in [0.1, 0.15) is 18.0 Å². The molecule has 28 heavy (non-hydrogen) atoms. The van der Waals surface area contributed by atoms with E-state index < -0.39 is 5.91 Å². The van der Waals surface area contributed by atoms with E-state index in [4.69, 9.17) is 10.2 Å². The summed E-state index contributed by atoms with van der Waals surface area (Å²) in [5, 5.41) is 0.972. The first-order chi connectivity index (χ1) is 13.4. The van der Waals surface area contributed by atoms with Gasteiger partial charge in [-0.25, -0.2) is 4.98 Å². The van der Waals surface area contributed by atoms with Crippen LogP contribution in [0.5, 0.6) is 0 Å². The molecule has 1 fully saturated rings. The van der Waals surface area contributed by atoms with Crippen LogP contribution in [-0.4, -0.2) is 39.4 Å². The van der Waals surface area contributed by atoms with Crippen LogP contribution in [0, 0.1) is 13.8 Å². The minimum absolute atomic E-state index is 0.0685. The molecule has 1 aromatic carbocycles. The highest BCUT2D eigenvalue weighted by Gasteiger charge is 2.30. The molecule has 0 aliphatic carbocycles. The maximum atomic E-state index is 13.2. The van der Waals surface area contributed by atoms with E-state index in [0.717, 1.165) is 40.8 Å². The second-order valence-electron chi connectivity index (χ2n) is 7.53. The Labute approximate surface area is 163 Å². The van der Waals surface area contributed by atoms with E-state index in [1.54, 1.807) is 17.0 Å². The molecular formula is C21H24N4O3. The summed E-state index contributed by atoms with van der Waals surface area (Å²) in [4.78, 5) is 30.7. The van der Waals surface area contributed by atoms with E-state index in [-0.39, 0.29) is 18.4 Å². The fourth-order valence-corrected chi connectivity index (χ4v) is 4.03. The van der Waals surface area contributed by atoms with Crippen LogP contribution < -0.4 is 5.73 Å². The second-order valence-corrected chi connectivity index (χ2v) is 7.53. The highest BCUT2D eigenvalue weighted by atomic mass is 16.3.